The number of hydrogen-bond acceptors (Lipinski definition) is 5. The van der Waals surface area contributed by atoms with Gasteiger partial charge in [-0.25, -0.2) is 4.98 Å². The maximum atomic E-state index is 11.0. The molecule has 0 aliphatic carbocycles. The van der Waals surface area contributed by atoms with Crippen molar-refractivity contribution in [3.05, 3.63) is 12.5 Å². The zero-order valence-corrected chi connectivity index (χ0v) is 10.2. The number of aliphatic carboxylic acids is 1. The monoisotopic (exact) mass is 244 g/mol. The highest BCUT2D eigenvalue weighted by Gasteiger charge is 2.30. The Kier molecular flexibility index (Phi) is 4.82. The number of likely N-dealkylation sites (N-methyl/N-ethyl adjacent to an activating group) is 1. The van der Waals surface area contributed by atoms with E-state index in [9.17, 15) is 4.79 Å². The van der Waals surface area contributed by atoms with E-state index in [0.29, 0.717) is 11.6 Å². The molecule has 1 atom stereocenters. The largest absolute Gasteiger partial charge is 0.480 e. The van der Waals surface area contributed by atoms with Gasteiger partial charge < -0.3 is 14.8 Å². The average Bonchev–Trinajstić information content (AvgIpc) is 2.76. The molecule has 1 aromatic heterocycles. The molecular formula is C10H16N2O3S. The molecule has 0 fully saturated rings. The molecule has 0 saturated heterocycles. The lowest BCUT2D eigenvalue weighted by Gasteiger charge is -2.23. The summed E-state index contributed by atoms with van der Waals surface area (Å²) in [7, 11) is 1.66. The maximum absolute atomic E-state index is 11.0. The van der Waals surface area contributed by atoms with Crippen molar-refractivity contribution in [2.24, 2.45) is 0 Å². The van der Waals surface area contributed by atoms with Crippen LogP contribution in [0, 0.1) is 0 Å². The highest BCUT2D eigenvalue weighted by Crippen LogP contribution is 2.19. The van der Waals surface area contributed by atoms with Gasteiger partial charge in [0.15, 0.2) is 0 Å². The Hall–Kier alpha value is -1.01. The molecule has 0 radical (unpaired) electrons. The molecule has 0 amide bonds. The molecule has 5 nitrogen and oxygen atoms in total. The number of aromatic nitrogens is 1. The zero-order valence-electron chi connectivity index (χ0n) is 9.40. The van der Waals surface area contributed by atoms with E-state index in [0.717, 1.165) is 12.2 Å². The predicted molar refractivity (Wildman–Crippen MR) is 61.6 cm³/mol. The minimum absolute atomic E-state index is 0.576. The number of thioether (sulfide) groups is 1. The fourth-order valence-corrected chi connectivity index (χ4v) is 1.93. The fourth-order valence-electron chi connectivity index (χ4n) is 1.21. The molecule has 2 N–H and O–H groups in total. The van der Waals surface area contributed by atoms with Crippen molar-refractivity contribution in [3.8, 4) is 0 Å². The molecule has 0 aliphatic heterocycles. The van der Waals surface area contributed by atoms with Crippen LogP contribution in [0.4, 0.5) is 0 Å². The predicted octanol–water partition coefficient (Wildman–Crippen LogP) is 1.61. The van der Waals surface area contributed by atoms with Crippen molar-refractivity contribution in [3.63, 3.8) is 0 Å². The number of carbonyl (C=O) groups is 1. The van der Waals surface area contributed by atoms with Crippen LogP contribution in [-0.4, -0.2) is 34.4 Å². The number of hydrogen-bond donors (Lipinski definition) is 2. The summed E-state index contributed by atoms with van der Waals surface area (Å²) in [5.41, 5.74) is -0.850. The van der Waals surface area contributed by atoms with Crippen LogP contribution < -0.4 is 5.32 Å². The molecule has 1 aromatic rings. The van der Waals surface area contributed by atoms with Crippen LogP contribution in [0.3, 0.4) is 0 Å². The molecule has 1 rings (SSSR count). The zero-order chi connectivity index (χ0) is 12.0. The SMILES string of the molecule is CNC(C)(CCCSc1ncco1)C(=O)O. The lowest BCUT2D eigenvalue weighted by molar-refractivity contribution is -0.144. The first-order valence-corrected chi connectivity index (χ1v) is 6.01. The van der Waals surface area contributed by atoms with E-state index in [1.807, 2.05) is 0 Å². The minimum Gasteiger partial charge on any atom is -0.480 e. The first-order chi connectivity index (χ1) is 7.58. The summed E-state index contributed by atoms with van der Waals surface area (Å²) in [6.45, 7) is 1.69. The number of oxazole rings is 1. The van der Waals surface area contributed by atoms with Gasteiger partial charge in [-0.3, -0.25) is 4.79 Å². The van der Waals surface area contributed by atoms with Crippen LogP contribution in [-0.2, 0) is 4.79 Å². The highest BCUT2D eigenvalue weighted by molar-refractivity contribution is 7.99. The molecule has 0 bridgehead atoms. The van der Waals surface area contributed by atoms with E-state index < -0.39 is 11.5 Å². The number of carboxylic acids is 1. The van der Waals surface area contributed by atoms with E-state index in [1.165, 1.54) is 18.0 Å². The minimum atomic E-state index is -0.850. The van der Waals surface area contributed by atoms with Crippen molar-refractivity contribution in [2.75, 3.05) is 12.8 Å². The van der Waals surface area contributed by atoms with Crippen LogP contribution in [0.2, 0.25) is 0 Å². The highest BCUT2D eigenvalue weighted by atomic mass is 32.2. The molecule has 90 valence electrons. The molecule has 0 aromatic carbocycles. The summed E-state index contributed by atoms with van der Waals surface area (Å²) in [5.74, 6) is -0.0263. The molecule has 16 heavy (non-hydrogen) atoms. The van der Waals surface area contributed by atoms with Gasteiger partial charge >= 0.3 is 5.97 Å². The molecule has 0 aliphatic rings. The number of nitrogens with zero attached hydrogens (tertiary/aromatic N) is 1. The van der Waals surface area contributed by atoms with E-state index in [2.05, 4.69) is 10.3 Å². The van der Waals surface area contributed by atoms with Crippen molar-refractivity contribution in [1.29, 1.82) is 0 Å². The number of nitrogens with one attached hydrogen (secondary N) is 1. The Morgan fingerprint density at radius 3 is 3.00 bits per heavy atom. The van der Waals surface area contributed by atoms with Crippen LogP contribution in [0.15, 0.2) is 22.1 Å². The van der Waals surface area contributed by atoms with Crippen molar-refractivity contribution in [2.45, 2.75) is 30.5 Å². The average molecular weight is 244 g/mol. The molecule has 6 heteroatoms. The Morgan fingerprint density at radius 2 is 2.50 bits per heavy atom. The van der Waals surface area contributed by atoms with Crippen molar-refractivity contribution >= 4 is 17.7 Å². The van der Waals surface area contributed by atoms with Gasteiger partial charge in [-0.2, -0.15) is 0 Å². The van der Waals surface area contributed by atoms with Gasteiger partial charge in [0.1, 0.15) is 11.8 Å². The molecule has 1 unspecified atom stereocenters. The molecule has 0 spiro atoms. The molecular weight excluding hydrogens is 228 g/mol. The van der Waals surface area contributed by atoms with Gasteiger partial charge in [-0.15, -0.1) is 0 Å². The van der Waals surface area contributed by atoms with Crippen molar-refractivity contribution < 1.29 is 14.3 Å². The third-order valence-corrected chi connectivity index (χ3v) is 3.42. The number of carboxylic acid groups (broad SMARTS) is 1. The molecule has 0 saturated carbocycles. The van der Waals surface area contributed by atoms with Gasteiger partial charge in [0, 0.05) is 5.75 Å². The smallest absolute Gasteiger partial charge is 0.323 e. The second-order valence-corrected chi connectivity index (χ2v) is 4.68. The second-order valence-electron chi connectivity index (χ2n) is 3.64. The van der Waals surface area contributed by atoms with E-state index in [1.54, 1.807) is 20.2 Å². The van der Waals surface area contributed by atoms with Crippen LogP contribution in [0.1, 0.15) is 19.8 Å². The van der Waals surface area contributed by atoms with Crippen LogP contribution >= 0.6 is 11.8 Å². The Labute approximate surface area is 98.6 Å². The first-order valence-electron chi connectivity index (χ1n) is 5.03. The van der Waals surface area contributed by atoms with Gasteiger partial charge in [0.25, 0.3) is 5.22 Å². The van der Waals surface area contributed by atoms with Gasteiger partial charge in [0.05, 0.1) is 6.20 Å². The summed E-state index contributed by atoms with van der Waals surface area (Å²) in [4.78, 5) is 14.9. The number of rotatable bonds is 7. The lowest BCUT2D eigenvalue weighted by Crippen LogP contribution is -2.47. The first kappa shape index (κ1) is 13.1. The standard InChI is InChI=1S/C10H16N2O3S/c1-10(11-2,8(13)14)4-3-7-16-9-12-5-6-15-9/h5-6,11H,3-4,7H2,1-2H3,(H,13,14). The maximum Gasteiger partial charge on any atom is 0.323 e. The second kappa shape index (κ2) is 5.91. The summed E-state index contributed by atoms with van der Waals surface area (Å²) >= 11 is 1.49. The topological polar surface area (TPSA) is 75.4 Å². The quantitative estimate of drug-likeness (QED) is 0.560. The van der Waals surface area contributed by atoms with Gasteiger partial charge in [-0.1, -0.05) is 11.8 Å². The summed E-state index contributed by atoms with van der Waals surface area (Å²) in [6.07, 6.45) is 4.48. The summed E-state index contributed by atoms with van der Waals surface area (Å²) in [6, 6.07) is 0. The third-order valence-electron chi connectivity index (χ3n) is 2.48. The third kappa shape index (κ3) is 3.53. The fraction of sp³-hybridized carbons (Fsp3) is 0.600. The lowest BCUT2D eigenvalue weighted by atomic mass is 9.97. The van der Waals surface area contributed by atoms with Gasteiger partial charge in [-0.05, 0) is 26.8 Å². The van der Waals surface area contributed by atoms with E-state index in [4.69, 9.17) is 9.52 Å². The van der Waals surface area contributed by atoms with Crippen LogP contribution in [0.25, 0.3) is 0 Å². The van der Waals surface area contributed by atoms with Crippen LogP contribution in [0.5, 0.6) is 0 Å². The Bertz CT molecular complexity index is 329. The summed E-state index contributed by atoms with van der Waals surface area (Å²) < 4.78 is 5.06. The Balaban J connectivity index is 2.26. The van der Waals surface area contributed by atoms with Crippen molar-refractivity contribution in [1.82, 2.24) is 10.3 Å². The molecule has 1 heterocycles. The Morgan fingerprint density at radius 1 is 1.75 bits per heavy atom. The van der Waals surface area contributed by atoms with E-state index in [-0.39, 0.29) is 0 Å². The summed E-state index contributed by atoms with van der Waals surface area (Å²) in [5, 5.41) is 12.5. The van der Waals surface area contributed by atoms with Gasteiger partial charge in [0.2, 0.25) is 0 Å². The van der Waals surface area contributed by atoms with E-state index >= 15 is 0 Å². The normalized spacial score (nSPS) is 14.6.